The van der Waals surface area contributed by atoms with Gasteiger partial charge in [-0.15, -0.1) is 0 Å². The highest BCUT2D eigenvalue weighted by atomic mass is 16.6. The van der Waals surface area contributed by atoms with E-state index in [0.29, 0.717) is 11.1 Å². The fraction of sp³-hybridized carbons (Fsp3) is 0.200. The van der Waals surface area contributed by atoms with Crippen molar-refractivity contribution in [3.8, 4) is 0 Å². The van der Waals surface area contributed by atoms with Crippen LogP contribution in [-0.2, 0) is 20.9 Å². The minimum absolute atomic E-state index is 0.241. The number of allylic oxidation sites excluding steroid dienone is 2. The van der Waals surface area contributed by atoms with Crippen molar-refractivity contribution < 1.29 is 23.5 Å². The van der Waals surface area contributed by atoms with E-state index in [1.165, 1.54) is 0 Å². The summed E-state index contributed by atoms with van der Waals surface area (Å²) in [7, 11) is 0. The first-order valence-electron chi connectivity index (χ1n) is 8.01. The minimum Gasteiger partial charge on any atom is -0.472 e. The summed E-state index contributed by atoms with van der Waals surface area (Å²) in [6, 6.07) is 7.30. The summed E-state index contributed by atoms with van der Waals surface area (Å²) in [5.41, 5.74) is 5.31. The van der Waals surface area contributed by atoms with Crippen molar-refractivity contribution in [2.24, 2.45) is 0 Å². The molecule has 5 nitrogen and oxygen atoms in total. The van der Waals surface area contributed by atoms with Crippen LogP contribution in [0, 0.1) is 0 Å². The van der Waals surface area contributed by atoms with Crippen molar-refractivity contribution in [2.45, 2.75) is 26.6 Å². The van der Waals surface area contributed by atoms with E-state index in [0.717, 1.165) is 27.8 Å². The molecule has 1 saturated heterocycles. The van der Waals surface area contributed by atoms with Gasteiger partial charge in [-0.2, -0.15) is 0 Å². The van der Waals surface area contributed by atoms with Gasteiger partial charge in [0.05, 0.1) is 23.7 Å². The average molecular weight is 336 g/mol. The van der Waals surface area contributed by atoms with Gasteiger partial charge in [-0.25, -0.2) is 9.59 Å². The Labute approximate surface area is 144 Å². The van der Waals surface area contributed by atoms with Crippen LogP contribution in [0.2, 0.25) is 0 Å². The Morgan fingerprint density at radius 1 is 1.20 bits per heavy atom. The number of fused-ring (bicyclic) bond motifs is 1. The largest absolute Gasteiger partial charge is 0.472 e. The van der Waals surface area contributed by atoms with Gasteiger partial charge in [0.25, 0.3) is 0 Å². The van der Waals surface area contributed by atoms with Crippen LogP contribution in [0.25, 0.3) is 5.57 Å². The highest BCUT2D eigenvalue weighted by Crippen LogP contribution is 2.44. The highest BCUT2D eigenvalue weighted by Gasteiger charge is 2.38. The number of cyclic esters (lactones) is 2. The Kier molecular flexibility index (Phi) is 3.57. The first-order valence-corrected chi connectivity index (χ1v) is 8.01. The summed E-state index contributed by atoms with van der Waals surface area (Å²) < 4.78 is 15.9. The molecular weight excluding hydrogens is 320 g/mol. The van der Waals surface area contributed by atoms with Crippen LogP contribution in [0.3, 0.4) is 0 Å². The molecule has 5 heteroatoms. The Hall–Kier alpha value is -3.08. The van der Waals surface area contributed by atoms with Gasteiger partial charge < -0.3 is 13.9 Å². The average Bonchev–Trinajstić information content (AvgIpc) is 3.33. The predicted octanol–water partition coefficient (Wildman–Crippen LogP) is 3.97. The lowest BCUT2D eigenvalue weighted by atomic mass is 9.88. The standard InChI is InChI=1S/C20H16O5/c1-3-13-17(18(25-20(13)22)12-7-8-23-9-12)11(2)14-5-4-6-15-16(14)10-24-19(15)21/h3-9,18H,10H2,1-2H3/b13-3+,17-11+/t18-/m0/s1. The van der Waals surface area contributed by atoms with Crippen LogP contribution in [0.4, 0.5) is 0 Å². The third kappa shape index (κ3) is 2.31. The second kappa shape index (κ2) is 5.77. The summed E-state index contributed by atoms with van der Waals surface area (Å²) in [5, 5.41) is 0. The van der Waals surface area contributed by atoms with Gasteiger partial charge in [0, 0.05) is 16.7 Å². The SMILES string of the molecule is C/C=C1/C(=O)O[C@@H](c2ccoc2)/C1=C(\C)c1cccc2c1COC2=O. The molecule has 1 fully saturated rings. The fourth-order valence-corrected chi connectivity index (χ4v) is 3.46. The van der Waals surface area contributed by atoms with E-state index in [9.17, 15) is 9.59 Å². The summed E-state index contributed by atoms with van der Waals surface area (Å²) in [6.45, 7) is 3.99. The molecule has 0 bridgehead atoms. The zero-order valence-corrected chi connectivity index (χ0v) is 13.9. The van der Waals surface area contributed by atoms with Gasteiger partial charge in [0.15, 0.2) is 6.10 Å². The van der Waals surface area contributed by atoms with Crippen LogP contribution in [0.5, 0.6) is 0 Å². The maximum Gasteiger partial charge on any atom is 0.339 e. The molecule has 2 aliphatic heterocycles. The number of hydrogen-bond donors (Lipinski definition) is 0. The molecule has 0 N–H and O–H groups in total. The van der Waals surface area contributed by atoms with Crippen LogP contribution < -0.4 is 0 Å². The number of carbonyl (C=O) groups is 2. The predicted molar refractivity (Wildman–Crippen MR) is 89.5 cm³/mol. The van der Waals surface area contributed by atoms with Crippen molar-refractivity contribution in [3.63, 3.8) is 0 Å². The normalized spacial score (nSPS) is 22.8. The van der Waals surface area contributed by atoms with Crippen molar-refractivity contribution in [3.05, 3.63) is 76.3 Å². The number of furan rings is 1. The molecule has 0 aliphatic carbocycles. The molecule has 126 valence electrons. The Bertz CT molecular complexity index is 931. The zero-order valence-electron chi connectivity index (χ0n) is 13.9. The quantitative estimate of drug-likeness (QED) is 0.613. The van der Waals surface area contributed by atoms with Gasteiger partial charge in [0.1, 0.15) is 6.61 Å². The molecule has 4 rings (SSSR count). The molecule has 0 saturated carbocycles. The molecule has 0 unspecified atom stereocenters. The first-order chi connectivity index (χ1) is 12.1. The summed E-state index contributed by atoms with van der Waals surface area (Å²) in [6.07, 6.45) is 4.36. The molecule has 2 aliphatic rings. The smallest absolute Gasteiger partial charge is 0.339 e. The molecule has 0 spiro atoms. The summed E-state index contributed by atoms with van der Waals surface area (Å²) in [4.78, 5) is 24.2. The number of ether oxygens (including phenoxy) is 2. The molecule has 1 aromatic carbocycles. The lowest BCUT2D eigenvalue weighted by Gasteiger charge is -2.14. The topological polar surface area (TPSA) is 65.7 Å². The molecule has 3 heterocycles. The highest BCUT2D eigenvalue weighted by molar-refractivity contribution is 6.02. The summed E-state index contributed by atoms with van der Waals surface area (Å²) in [5.74, 6) is -0.672. The van der Waals surface area contributed by atoms with Gasteiger partial charge in [-0.3, -0.25) is 0 Å². The maximum atomic E-state index is 12.3. The number of esters is 2. The number of benzene rings is 1. The van der Waals surface area contributed by atoms with E-state index in [1.54, 1.807) is 30.7 Å². The molecule has 1 aromatic heterocycles. The van der Waals surface area contributed by atoms with E-state index in [2.05, 4.69) is 0 Å². The van der Waals surface area contributed by atoms with Crippen LogP contribution >= 0.6 is 0 Å². The molecular formula is C20H16O5. The Morgan fingerprint density at radius 2 is 2.04 bits per heavy atom. The summed E-state index contributed by atoms with van der Waals surface area (Å²) >= 11 is 0. The van der Waals surface area contributed by atoms with E-state index in [1.807, 2.05) is 26.0 Å². The van der Waals surface area contributed by atoms with Gasteiger partial charge in [0.2, 0.25) is 0 Å². The second-order valence-corrected chi connectivity index (χ2v) is 5.99. The van der Waals surface area contributed by atoms with E-state index < -0.39 is 6.10 Å². The number of carbonyl (C=O) groups excluding carboxylic acids is 2. The number of rotatable bonds is 2. The van der Waals surface area contributed by atoms with Gasteiger partial charge >= 0.3 is 11.9 Å². The van der Waals surface area contributed by atoms with Crippen molar-refractivity contribution >= 4 is 17.5 Å². The van der Waals surface area contributed by atoms with Crippen molar-refractivity contribution in [1.29, 1.82) is 0 Å². The van der Waals surface area contributed by atoms with Gasteiger partial charge in [-0.1, -0.05) is 18.2 Å². The van der Waals surface area contributed by atoms with Crippen LogP contribution in [0.15, 0.2) is 58.4 Å². The van der Waals surface area contributed by atoms with Crippen LogP contribution in [-0.4, -0.2) is 11.9 Å². The van der Waals surface area contributed by atoms with Gasteiger partial charge in [-0.05, 0) is 37.1 Å². The molecule has 1 atom stereocenters. The first kappa shape index (κ1) is 15.4. The van der Waals surface area contributed by atoms with E-state index in [-0.39, 0.29) is 18.5 Å². The van der Waals surface area contributed by atoms with Crippen molar-refractivity contribution in [1.82, 2.24) is 0 Å². The maximum absolute atomic E-state index is 12.3. The van der Waals surface area contributed by atoms with E-state index >= 15 is 0 Å². The monoisotopic (exact) mass is 336 g/mol. The lowest BCUT2D eigenvalue weighted by molar-refractivity contribution is -0.138. The molecule has 0 radical (unpaired) electrons. The number of hydrogen-bond acceptors (Lipinski definition) is 5. The third-order valence-electron chi connectivity index (χ3n) is 4.68. The van der Waals surface area contributed by atoms with E-state index in [4.69, 9.17) is 13.9 Å². The minimum atomic E-state index is -0.522. The lowest BCUT2D eigenvalue weighted by Crippen LogP contribution is -2.01. The molecule has 25 heavy (non-hydrogen) atoms. The second-order valence-electron chi connectivity index (χ2n) is 5.99. The molecule has 0 amide bonds. The fourth-order valence-electron chi connectivity index (χ4n) is 3.46. The zero-order chi connectivity index (χ0) is 17.6. The van der Waals surface area contributed by atoms with Crippen LogP contribution in [0.1, 0.15) is 47.0 Å². The molecule has 2 aromatic rings. The Morgan fingerprint density at radius 3 is 2.76 bits per heavy atom. The Balaban J connectivity index is 1.93. The van der Waals surface area contributed by atoms with Crippen molar-refractivity contribution in [2.75, 3.05) is 0 Å². The third-order valence-corrected chi connectivity index (χ3v) is 4.68.